The monoisotopic (exact) mass is 260 g/mol. The molecule has 1 heterocycles. The second kappa shape index (κ2) is 7.06. The minimum atomic E-state index is 0.706. The maximum absolute atomic E-state index is 3.63. The average molecular weight is 260 g/mol. The van der Waals surface area contributed by atoms with Crippen molar-refractivity contribution in [1.82, 2.24) is 10.2 Å². The molecule has 2 heteroatoms. The van der Waals surface area contributed by atoms with Crippen LogP contribution in [0.4, 0.5) is 0 Å². The van der Waals surface area contributed by atoms with Crippen molar-refractivity contribution in [2.75, 3.05) is 26.7 Å². The Morgan fingerprint density at radius 3 is 2.79 bits per heavy atom. The molecule has 0 bridgehead atoms. The van der Waals surface area contributed by atoms with Gasteiger partial charge in [-0.25, -0.2) is 0 Å². The van der Waals surface area contributed by atoms with Crippen LogP contribution in [0.15, 0.2) is 18.2 Å². The molecule has 0 amide bonds. The highest BCUT2D eigenvalue weighted by Crippen LogP contribution is 2.12. The van der Waals surface area contributed by atoms with E-state index in [1.165, 1.54) is 49.0 Å². The number of nitrogens with zero attached hydrogens (tertiary/aromatic N) is 1. The maximum atomic E-state index is 3.63. The standard InChI is InChI=1S/C17H28N2/c1-14-7-8-16(15(2)12-14)9-11-19(3)13-17-6-4-5-10-18-17/h7-8,12,17-18H,4-6,9-11,13H2,1-3H3. The van der Waals surface area contributed by atoms with Crippen LogP contribution in [-0.4, -0.2) is 37.6 Å². The lowest BCUT2D eigenvalue weighted by Gasteiger charge is -2.28. The molecule has 1 unspecified atom stereocenters. The van der Waals surface area contributed by atoms with E-state index in [-0.39, 0.29) is 0 Å². The molecule has 1 aromatic rings. The molecule has 1 aromatic carbocycles. The largest absolute Gasteiger partial charge is 0.313 e. The fourth-order valence-corrected chi connectivity index (χ4v) is 2.98. The highest BCUT2D eigenvalue weighted by atomic mass is 15.1. The van der Waals surface area contributed by atoms with Gasteiger partial charge in [-0.05, 0) is 57.8 Å². The summed E-state index contributed by atoms with van der Waals surface area (Å²) in [6.45, 7) is 7.94. The van der Waals surface area contributed by atoms with Gasteiger partial charge in [0.05, 0.1) is 0 Å². The average Bonchev–Trinajstić information content (AvgIpc) is 2.39. The van der Waals surface area contributed by atoms with Crippen LogP contribution in [-0.2, 0) is 6.42 Å². The van der Waals surface area contributed by atoms with E-state index in [1.807, 2.05) is 0 Å². The SMILES string of the molecule is Cc1ccc(CCN(C)CC2CCCCN2)c(C)c1. The molecule has 1 atom stereocenters. The molecule has 1 aliphatic rings. The number of aryl methyl sites for hydroxylation is 2. The normalized spacial score (nSPS) is 19.9. The molecule has 0 spiro atoms. The molecule has 2 nitrogen and oxygen atoms in total. The van der Waals surface area contributed by atoms with Crippen molar-refractivity contribution in [3.8, 4) is 0 Å². The van der Waals surface area contributed by atoms with Crippen LogP contribution < -0.4 is 5.32 Å². The molecule has 0 aromatic heterocycles. The third kappa shape index (κ3) is 4.63. The number of nitrogens with one attached hydrogen (secondary N) is 1. The molecule has 0 radical (unpaired) electrons. The summed E-state index contributed by atoms with van der Waals surface area (Å²) in [5.74, 6) is 0. The second-order valence-electron chi connectivity index (χ2n) is 6.09. The lowest BCUT2D eigenvalue weighted by atomic mass is 10.0. The zero-order valence-corrected chi connectivity index (χ0v) is 12.7. The van der Waals surface area contributed by atoms with Gasteiger partial charge in [0, 0.05) is 19.1 Å². The van der Waals surface area contributed by atoms with E-state index in [9.17, 15) is 0 Å². The molecule has 106 valence electrons. The molecule has 1 aliphatic heterocycles. The first-order valence-corrected chi connectivity index (χ1v) is 7.63. The van der Waals surface area contributed by atoms with Crippen molar-refractivity contribution >= 4 is 0 Å². The molecule has 0 saturated carbocycles. The van der Waals surface area contributed by atoms with E-state index in [1.54, 1.807) is 0 Å². The van der Waals surface area contributed by atoms with Crippen LogP contribution in [0.3, 0.4) is 0 Å². The van der Waals surface area contributed by atoms with Gasteiger partial charge in [-0.1, -0.05) is 30.2 Å². The molecule has 1 N–H and O–H groups in total. The zero-order valence-electron chi connectivity index (χ0n) is 12.7. The number of rotatable bonds is 5. The van der Waals surface area contributed by atoms with E-state index < -0.39 is 0 Å². The zero-order chi connectivity index (χ0) is 13.7. The molecule has 19 heavy (non-hydrogen) atoms. The first kappa shape index (κ1) is 14.5. The summed E-state index contributed by atoms with van der Waals surface area (Å²) in [6.07, 6.45) is 5.24. The van der Waals surface area contributed by atoms with E-state index in [2.05, 4.69) is 49.3 Å². The van der Waals surface area contributed by atoms with Gasteiger partial charge < -0.3 is 10.2 Å². The van der Waals surface area contributed by atoms with Crippen LogP contribution in [0.5, 0.6) is 0 Å². The van der Waals surface area contributed by atoms with Gasteiger partial charge in [0.15, 0.2) is 0 Å². The predicted octanol–water partition coefficient (Wildman–Crippen LogP) is 2.92. The van der Waals surface area contributed by atoms with Crippen molar-refractivity contribution in [2.45, 2.75) is 45.6 Å². The lowest BCUT2D eigenvalue weighted by Crippen LogP contribution is -2.42. The van der Waals surface area contributed by atoms with Gasteiger partial charge >= 0.3 is 0 Å². The topological polar surface area (TPSA) is 15.3 Å². The first-order chi connectivity index (χ1) is 9.15. The molecule has 2 rings (SSSR count). The highest BCUT2D eigenvalue weighted by Gasteiger charge is 2.14. The van der Waals surface area contributed by atoms with Crippen molar-refractivity contribution in [2.24, 2.45) is 0 Å². The summed E-state index contributed by atoms with van der Waals surface area (Å²) in [4.78, 5) is 2.47. The molecule has 0 aliphatic carbocycles. The summed E-state index contributed by atoms with van der Waals surface area (Å²) in [5, 5.41) is 3.63. The number of likely N-dealkylation sites (N-methyl/N-ethyl adjacent to an activating group) is 1. The summed E-state index contributed by atoms with van der Waals surface area (Å²) < 4.78 is 0. The first-order valence-electron chi connectivity index (χ1n) is 7.63. The lowest BCUT2D eigenvalue weighted by molar-refractivity contribution is 0.264. The van der Waals surface area contributed by atoms with Gasteiger partial charge in [-0.2, -0.15) is 0 Å². The van der Waals surface area contributed by atoms with Gasteiger partial charge in [0.1, 0.15) is 0 Å². The van der Waals surface area contributed by atoms with Crippen LogP contribution in [0.25, 0.3) is 0 Å². The van der Waals surface area contributed by atoms with Gasteiger partial charge in [-0.3, -0.25) is 0 Å². The van der Waals surface area contributed by atoms with Gasteiger partial charge in [0.25, 0.3) is 0 Å². The Hall–Kier alpha value is -0.860. The highest BCUT2D eigenvalue weighted by molar-refractivity contribution is 5.30. The molecular formula is C17H28N2. The Balaban J connectivity index is 1.77. The summed E-state index contributed by atoms with van der Waals surface area (Å²) in [5.41, 5.74) is 4.29. The fraction of sp³-hybridized carbons (Fsp3) is 0.647. The van der Waals surface area contributed by atoms with Crippen LogP contribution >= 0.6 is 0 Å². The van der Waals surface area contributed by atoms with Crippen molar-refractivity contribution in [3.05, 3.63) is 34.9 Å². The predicted molar refractivity (Wildman–Crippen MR) is 82.8 cm³/mol. The van der Waals surface area contributed by atoms with E-state index >= 15 is 0 Å². The quantitative estimate of drug-likeness (QED) is 0.875. The van der Waals surface area contributed by atoms with E-state index in [0.29, 0.717) is 6.04 Å². The third-order valence-electron chi connectivity index (χ3n) is 4.21. The van der Waals surface area contributed by atoms with Crippen molar-refractivity contribution in [1.29, 1.82) is 0 Å². The van der Waals surface area contributed by atoms with Gasteiger partial charge in [0.2, 0.25) is 0 Å². The number of hydrogen-bond donors (Lipinski definition) is 1. The number of hydrogen-bond acceptors (Lipinski definition) is 2. The molecule has 1 fully saturated rings. The Morgan fingerprint density at radius 1 is 1.26 bits per heavy atom. The maximum Gasteiger partial charge on any atom is 0.0194 e. The van der Waals surface area contributed by atoms with Crippen LogP contribution in [0, 0.1) is 13.8 Å². The van der Waals surface area contributed by atoms with E-state index in [0.717, 1.165) is 13.0 Å². The number of benzene rings is 1. The smallest absolute Gasteiger partial charge is 0.0194 e. The Bertz CT molecular complexity index is 394. The minimum absolute atomic E-state index is 0.706. The molecule has 1 saturated heterocycles. The van der Waals surface area contributed by atoms with Crippen molar-refractivity contribution in [3.63, 3.8) is 0 Å². The van der Waals surface area contributed by atoms with Crippen LogP contribution in [0.2, 0.25) is 0 Å². The van der Waals surface area contributed by atoms with E-state index in [4.69, 9.17) is 0 Å². The third-order valence-corrected chi connectivity index (χ3v) is 4.21. The van der Waals surface area contributed by atoms with Crippen LogP contribution in [0.1, 0.15) is 36.0 Å². The second-order valence-corrected chi connectivity index (χ2v) is 6.09. The summed E-state index contributed by atoms with van der Waals surface area (Å²) >= 11 is 0. The fourth-order valence-electron chi connectivity index (χ4n) is 2.98. The summed E-state index contributed by atoms with van der Waals surface area (Å²) in [6, 6.07) is 7.51. The molecular weight excluding hydrogens is 232 g/mol. The Kier molecular flexibility index (Phi) is 5.41. The minimum Gasteiger partial charge on any atom is -0.313 e. The van der Waals surface area contributed by atoms with Crippen molar-refractivity contribution < 1.29 is 0 Å². The Morgan fingerprint density at radius 2 is 2.11 bits per heavy atom. The number of piperidine rings is 1. The Labute approximate surface area is 118 Å². The van der Waals surface area contributed by atoms with Gasteiger partial charge in [-0.15, -0.1) is 0 Å². The summed E-state index contributed by atoms with van der Waals surface area (Å²) in [7, 11) is 2.25.